The van der Waals surface area contributed by atoms with Crippen LogP contribution in [0, 0.1) is 116 Å². The van der Waals surface area contributed by atoms with Gasteiger partial charge in [0.25, 0.3) is 0 Å². The number of hydrogen-bond donors (Lipinski definition) is 0. The second-order valence-corrected chi connectivity index (χ2v) is 21.6. The highest BCUT2D eigenvalue weighted by molar-refractivity contribution is 7.79. The fraction of sp³-hybridized carbons (Fsp3) is 0.125. The largest absolute Gasteiger partial charge is 0.207 e. The van der Waals surface area contributed by atoms with Gasteiger partial charge < -0.3 is 0 Å². The van der Waals surface area contributed by atoms with Gasteiger partial charge in [0.15, 0.2) is 69.8 Å². The summed E-state index contributed by atoms with van der Waals surface area (Å²) in [5.41, 5.74) is -14.3. The lowest BCUT2D eigenvalue weighted by Gasteiger charge is -2.44. The molecule has 0 N–H and O–H groups in total. The van der Waals surface area contributed by atoms with Gasteiger partial charge in [-0.15, -0.1) is 21.9 Å². The third kappa shape index (κ3) is 10.1. The van der Waals surface area contributed by atoms with Gasteiger partial charge in [0, 0.05) is 8.80 Å². The Balaban J connectivity index is 0.000000293. The van der Waals surface area contributed by atoms with Crippen molar-refractivity contribution in [3.05, 3.63) is 207 Å². The molecule has 0 saturated carbocycles. The fourth-order valence-electron chi connectivity index (χ4n) is 7.92. The topological polar surface area (TPSA) is 0 Å². The molecule has 0 atom stereocenters. The number of benzene rings is 7. The van der Waals surface area contributed by atoms with Gasteiger partial charge in [0.05, 0.1) is 0 Å². The van der Waals surface area contributed by atoms with Crippen LogP contribution in [0.3, 0.4) is 0 Å². The first-order valence-corrected chi connectivity index (χ1v) is 24.5. The molecule has 0 aliphatic carbocycles. The summed E-state index contributed by atoms with van der Waals surface area (Å²) >= 11 is 0. The molecule has 7 aromatic carbocycles. The van der Waals surface area contributed by atoms with Gasteiger partial charge in [-0.2, -0.15) is 0 Å². The first-order chi connectivity index (χ1) is 33.5. The molecule has 7 rings (SSSR count). The first-order valence-electron chi connectivity index (χ1n) is 20.7. The zero-order chi connectivity index (χ0) is 53.0. The average molecular weight is 1060 g/mol. The molecule has 0 amide bonds. The summed E-state index contributed by atoms with van der Waals surface area (Å²) in [7, 11) is -0.617. The first kappa shape index (κ1) is 55.8. The van der Waals surface area contributed by atoms with E-state index in [0.717, 1.165) is 0 Å². The van der Waals surface area contributed by atoms with Crippen LogP contribution < -0.4 is 37.8 Å². The van der Waals surface area contributed by atoms with E-state index in [1.54, 1.807) is 0 Å². The van der Waals surface area contributed by atoms with Gasteiger partial charge >= 0.3 is 0 Å². The number of rotatable bonds is 10. The minimum atomic E-state index is -7.22. The molecule has 0 unspecified atom stereocenters. The van der Waals surface area contributed by atoms with Crippen LogP contribution in [0.2, 0.25) is 18.1 Å². The normalized spacial score (nSPS) is 11.5. The summed E-state index contributed by atoms with van der Waals surface area (Å²) in [6, 6.07) is 36.8. The summed E-state index contributed by atoms with van der Waals surface area (Å²) in [5, 5.41) is 4.19. The molecule has 0 radical (unpaired) electrons. The maximum absolute atomic E-state index is 15.4. The van der Waals surface area contributed by atoms with Gasteiger partial charge in [0.2, 0.25) is 0 Å². The van der Waals surface area contributed by atoms with Crippen LogP contribution in [-0.2, 0) is 0 Å². The molecular weight excluding hydrogens is 1030 g/mol. The van der Waals surface area contributed by atoms with E-state index in [-0.39, 0.29) is 8.80 Å². The summed E-state index contributed by atoms with van der Waals surface area (Å²) in [4.78, 5) is 0. The predicted octanol–water partition coefficient (Wildman–Crippen LogP) is 11.6. The number of halogens is 20. The molecule has 0 aliphatic heterocycles. The van der Waals surface area contributed by atoms with E-state index in [9.17, 15) is 52.7 Å². The van der Waals surface area contributed by atoms with Crippen molar-refractivity contribution in [3.8, 4) is 0 Å². The third-order valence-corrected chi connectivity index (χ3v) is 17.4. The van der Waals surface area contributed by atoms with E-state index in [2.05, 4.69) is 112 Å². The Bertz CT molecular complexity index is 2570. The van der Waals surface area contributed by atoms with Crippen molar-refractivity contribution in [1.29, 1.82) is 0 Å². The van der Waals surface area contributed by atoms with E-state index < -0.39 is 152 Å². The van der Waals surface area contributed by atoms with Gasteiger partial charge in [-0.1, -0.05) is 130 Å². The molecule has 376 valence electrons. The lowest BCUT2D eigenvalue weighted by Crippen LogP contribution is -2.81. The molecule has 0 aromatic heterocycles. The zero-order valence-corrected chi connectivity index (χ0v) is 38.5. The minimum Gasteiger partial charge on any atom is -0.207 e. The second kappa shape index (κ2) is 22.9. The van der Waals surface area contributed by atoms with Crippen LogP contribution in [0.15, 0.2) is 91.0 Å². The van der Waals surface area contributed by atoms with Crippen molar-refractivity contribution >= 4 is 60.6 Å². The Morgan fingerprint density at radius 1 is 0.268 bits per heavy atom. The van der Waals surface area contributed by atoms with E-state index >= 15 is 35.1 Å². The van der Waals surface area contributed by atoms with Crippen LogP contribution in [0.5, 0.6) is 0 Å². The maximum Gasteiger partial charge on any atom is 0.200 e. The summed E-state index contributed by atoms with van der Waals surface area (Å²) in [6.45, 7) is 6.97. The van der Waals surface area contributed by atoms with Crippen molar-refractivity contribution in [1.82, 2.24) is 0 Å². The molecule has 71 heavy (non-hydrogen) atoms. The van der Waals surface area contributed by atoms with E-state index in [4.69, 9.17) is 0 Å². The smallest absolute Gasteiger partial charge is 0.200 e. The Labute approximate surface area is 393 Å². The van der Waals surface area contributed by atoms with Gasteiger partial charge in [-0.05, 0) is 23.8 Å². The number of hydrogen-bond acceptors (Lipinski definition) is 0. The van der Waals surface area contributed by atoms with E-state index in [0.29, 0.717) is 0 Å². The quantitative estimate of drug-likeness (QED) is 0.0421. The van der Waals surface area contributed by atoms with Crippen LogP contribution in [0.25, 0.3) is 0 Å². The third-order valence-electron chi connectivity index (χ3n) is 11.5. The second-order valence-electron chi connectivity index (χ2n) is 15.2. The SMILES string of the molecule is CC[SiH](CC)CC.Fc1c(F)c(F)c([B-](c2c(F)c(F)c(F)c(F)c2F)(c2c(F)c(F)c(F)c(F)c2F)c2c(F)c(F)c(F)c(F)c2F)c(F)c1F.c1ccc(P(c2ccccc2)c2ccccc2)cc1. The molecule has 0 heterocycles. The summed E-state index contributed by atoms with van der Waals surface area (Å²) in [5.74, 6) is -71.4. The van der Waals surface area contributed by atoms with Crippen LogP contribution in [-0.4, -0.2) is 14.9 Å². The Morgan fingerprint density at radius 3 is 0.563 bits per heavy atom. The van der Waals surface area contributed by atoms with Crippen LogP contribution >= 0.6 is 7.92 Å². The fourth-order valence-corrected chi connectivity index (χ4v) is 12.0. The zero-order valence-electron chi connectivity index (χ0n) is 36.4. The van der Waals surface area contributed by atoms with Crippen LogP contribution in [0.4, 0.5) is 87.8 Å². The monoisotopic (exact) mass is 1060 g/mol. The highest BCUT2D eigenvalue weighted by atomic mass is 31.1. The Morgan fingerprint density at radius 2 is 0.423 bits per heavy atom. The van der Waals surface area contributed by atoms with E-state index in [1.807, 2.05) is 0 Å². The molecular formula is C48H31BF20PSi-. The van der Waals surface area contributed by atoms with Crippen molar-refractivity contribution in [2.75, 3.05) is 0 Å². The van der Waals surface area contributed by atoms with Gasteiger partial charge in [-0.3, -0.25) is 0 Å². The van der Waals surface area contributed by atoms with Crippen molar-refractivity contribution in [2.24, 2.45) is 0 Å². The van der Waals surface area contributed by atoms with E-state index in [1.165, 1.54) is 34.0 Å². The van der Waals surface area contributed by atoms with Crippen LogP contribution in [0.1, 0.15) is 20.8 Å². The molecule has 0 spiro atoms. The van der Waals surface area contributed by atoms with Crippen molar-refractivity contribution < 1.29 is 87.8 Å². The lowest BCUT2D eigenvalue weighted by molar-refractivity contribution is 0.378. The molecule has 7 aromatic rings. The molecule has 0 saturated heterocycles. The molecule has 0 aliphatic rings. The molecule has 0 bridgehead atoms. The summed E-state index contributed by atoms with van der Waals surface area (Å²) in [6.07, 6.45) is -7.22. The molecule has 0 fully saturated rings. The van der Waals surface area contributed by atoms with Crippen molar-refractivity contribution in [3.63, 3.8) is 0 Å². The predicted molar refractivity (Wildman–Crippen MR) is 233 cm³/mol. The Hall–Kier alpha value is -6.15. The average Bonchev–Trinajstić information content (AvgIpc) is 3.38. The van der Waals surface area contributed by atoms with Gasteiger partial charge in [-0.25, -0.2) is 87.8 Å². The highest BCUT2D eigenvalue weighted by Gasteiger charge is 2.52. The lowest BCUT2D eigenvalue weighted by atomic mass is 9.12. The summed E-state index contributed by atoms with van der Waals surface area (Å²) < 4.78 is 294. The molecule has 23 heteroatoms. The highest BCUT2D eigenvalue weighted by Crippen LogP contribution is 2.33. The Kier molecular flexibility index (Phi) is 18.0. The van der Waals surface area contributed by atoms with Gasteiger partial charge in [0.1, 0.15) is 52.7 Å². The molecule has 0 nitrogen and oxygen atoms in total. The standard InChI is InChI=1S/C24BF20.C18H15P.C6H16Si/c26-5-1(6(27)14(35)21(42)13(5)34)25(2-7(28)15(36)22(43)16(37)8(2)29,3-9(30)17(38)23(44)18(39)10(3)31)4-11(32)19(40)24(45)20(41)12(4)33;1-4-10-16(11-5-1)19(17-12-6-2-7-13-17)18-14-8-3-9-15-18;1-4-7(5-2)6-3/h;1-15H;7H,4-6H2,1-3H3/q-1;;. The van der Waals surface area contributed by atoms with Crippen molar-refractivity contribution in [2.45, 2.75) is 38.9 Å². The minimum absolute atomic E-state index is 0.171. The maximum atomic E-state index is 15.4.